The number of esters is 1. The summed E-state index contributed by atoms with van der Waals surface area (Å²) in [5, 5.41) is 0. The van der Waals surface area contributed by atoms with E-state index >= 15 is 0 Å². The number of carbonyl (C=O) groups is 1. The number of hydrogen-bond donors (Lipinski definition) is 0. The van der Waals surface area contributed by atoms with Gasteiger partial charge in [-0.05, 0) is 24.5 Å². The summed E-state index contributed by atoms with van der Waals surface area (Å²) in [5.74, 6) is 6.06. The van der Waals surface area contributed by atoms with Crippen molar-refractivity contribution in [3.05, 3.63) is 35.4 Å². The molecule has 1 aromatic rings. The molecule has 0 aliphatic heterocycles. The maximum absolute atomic E-state index is 11.1. The molecule has 0 heterocycles. The second-order valence-corrected chi connectivity index (χ2v) is 4.03. The van der Waals surface area contributed by atoms with Crippen LogP contribution < -0.4 is 0 Å². The fourth-order valence-corrected chi connectivity index (χ4v) is 1.54. The van der Waals surface area contributed by atoms with Gasteiger partial charge in [0.25, 0.3) is 0 Å². The van der Waals surface area contributed by atoms with Gasteiger partial charge in [0.15, 0.2) is 0 Å². The first-order valence-electron chi connectivity index (χ1n) is 5.88. The molecule has 0 unspecified atom stereocenters. The number of carbonyl (C=O) groups excluding carboxylic acids is 1. The average molecular weight is 230 g/mol. The molecule has 0 spiro atoms. The Balaban J connectivity index is 2.75. The maximum Gasteiger partial charge on any atom is 0.317 e. The Morgan fingerprint density at radius 3 is 2.71 bits per heavy atom. The Bertz CT molecular complexity index is 436. The summed E-state index contributed by atoms with van der Waals surface area (Å²) < 4.78 is 4.82. The van der Waals surface area contributed by atoms with Crippen molar-refractivity contribution >= 4 is 5.97 Å². The van der Waals surface area contributed by atoms with Crippen molar-refractivity contribution in [2.45, 2.75) is 33.1 Å². The van der Waals surface area contributed by atoms with E-state index in [-0.39, 0.29) is 12.4 Å². The Hall–Kier alpha value is -1.75. The van der Waals surface area contributed by atoms with E-state index in [1.165, 1.54) is 5.56 Å². The van der Waals surface area contributed by atoms with Crippen LogP contribution in [0.15, 0.2) is 24.3 Å². The molecule has 1 rings (SSSR count). The molecule has 1 aromatic carbocycles. The lowest BCUT2D eigenvalue weighted by atomic mass is 9.97. The van der Waals surface area contributed by atoms with Crippen molar-refractivity contribution in [1.29, 1.82) is 0 Å². The van der Waals surface area contributed by atoms with E-state index < -0.39 is 0 Å². The lowest BCUT2D eigenvalue weighted by Crippen LogP contribution is -2.01. The number of rotatable bonds is 3. The van der Waals surface area contributed by atoms with E-state index in [0.29, 0.717) is 12.5 Å². The molecule has 0 radical (unpaired) electrons. The van der Waals surface area contributed by atoms with Crippen LogP contribution in [0.3, 0.4) is 0 Å². The fourth-order valence-electron chi connectivity index (χ4n) is 1.54. The van der Waals surface area contributed by atoms with Crippen molar-refractivity contribution in [3.63, 3.8) is 0 Å². The largest absolute Gasteiger partial charge is 0.465 e. The Labute approximate surface area is 103 Å². The second-order valence-electron chi connectivity index (χ2n) is 4.03. The minimum Gasteiger partial charge on any atom is -0.465 e. The molecule has 90 valence electrons. The van der Waals surface area contributed by atoms with Crippen LogP contribution in [-0.4, -0.2) is 12.6 Å². The summed E-state index contributed by atoms with van der Waals surface area (Å²) in [7, 11) is 0. The summed E-state index contributed by atoms with van der Waals surface area (Å²) in [5.41, 5.74) is 2.20. The monoisotopic (exact) mass is 230 g/mol. The lowest BCUT2D eigenvalue weighted by Gasteiger charge is -2.07. The molecule has 17 heavy (non-hydrogen) atoms. The topological polar surface area (TPSA) is 26.3 Å². The molecule has 0 saturated heterocycles. The van der Waals surface area contributed by atoms with Crippen molar-refractivity contribution in [2.24, 2.45) is 0 Å². The van der Waals surface area contributed by atoms with E-state index in [4.69, 9.17) is 4.74 Å². The van der Waals surface area contributed by atoms with Crippen LogP contribution in [0.5, 0.6) is 0 Å². The van der Waals surface area contributed by atoms with Crippen LogP contribution >= 0.6 is 0 Å². The predicted octanol–water partition coefficient (Wildman–Crippen LogP) is 3.11. The highest BCUT2D eigenvalue weighted by Crippen LogP contribution is 2.17. The molecule has 0 aliphatic rings. The van der Waals surface area contributed by atoms with Crippen LogP contribution in [0.25, 0.3) is 0 Å². The van der Waals surface area contributed by atoms with Crippen LogP contribution in [0, 0.1) is 11.8 Å². The molecule has 2 heteroatoms. The highest BCUT2D eigenvalue weighted by Gasteiger charge is 2.03. The van der Waals surface area contributed by atoms with Gasteiger partial charge in [-0.15, -0.1) is 0 Å². The molecule has 0 amide bonds. The van der Waals surface area contributed by atoms with E-state index in [2.05, 4.69) is 31.8 Å². The molecule has 0 fully saturated rings. The van der Waals surface area contributed by atoms with E-state index in [1.54, 1.807) is 6.92 Å². The zero-order valence-corrected chi connectivity index (χ0v) is 10.6. The van der Waals surface area contributed by atoms with Gasteiger partial charge >= 0.3 is 5.97 Å². The SMILES string of the molecule is CCOC(=O)CC#Cc1ccccc1C(C)C. The third kappa shape index (κ3) is 4.32. The van der Waals surface area contributed by atoms with E-state index in [9.17, 15) is 4.79 Å². The summed E-state index contributed by atoms with van der Waals surface area (Å²) in [6.45, 7) is 6.46. The zero-order valence-electron chi connectivity index (χ0n) is 10.6. The summed E-state index contributed by atoms with van der Waals surface area (Å²) in [4.78, 5) is 11.1. The highest BCUT2D eigenvalue weighted by atomic mass is 16.5. The molecule has 0 saturated carbocycles. The zero-order chi connectivity index (χ0) is 12.7. The Morgan fingerprint density at radius 2 is 2.06 bits per heavy atom. The van der Waals surface area contributed by atoms with Crippen LogP contribution in [0.1, 0.15) is 44.2 Å². The van der Waals surface area contributed by atoms with Gasteiger partial charge in [-0.25, -0.2) is 0 Å². The lowest BCUT2D eigenvalue weighted by molar-refractivity contribution is -0.141. The summed E-state index contributed by atoms with van der Waals surface area (Å²) in [6, 6.07) is 8.01. The molecular formula is C15H18O2. The Morgan fingerprint density at radius 1 is 1.35 bits per heavy atom. The van der Waals surface area contributed by atoms with Gasteiger partial charge < -0.3 is 4.74 Å². The first kappa shape index (κ1) is 13.3. The van der Waals surface area contributed by atoms with Gasteiger partial charge in [-0.2, -0.15) is 0 Å². The molecule has 0 bridgehead atoms. The van der Waals surface area contributed by atoms with E-state index in [1.807, 2.05) is 18.2 Å². The van der Waals surface area contributed by atoms with Crippen molar-refractivity contribution < 1.29 is 9.53 Å². The first-order chi connectivity index (χ1) is 8.15. The molecule has 0 aromatic heterocycles. The molecular weight excluding hydrogens is 212 g/mol. The molecule has 2 nitrogen and oxygen atoms in total. The van der Waals surface area contributed by atoms with Crippen LogP contribution in [0.4, 0.5) is 0 Å². The minimum atomic E-state index is -0.262. The quantitative estimate of drug-likeness (QED) is 0.589. The molecule has 0 aliphatic carbocycles. The first-order valence-corrected chi connectivity index (χ1v) is 5.88. The van der Waals surface area contributed by atoms with Gasteiger partial charge in [-0.3, -0.25) is 4.79 Å². The predicted molar refractivity (Wildman–Crippen MR) is 68.7 cm³/mol. The smallest absolute Gasteiger partial charge is 0.317 e. The summed E-state index contributed by atoms with van der Waals surface area (Å²) >= 11 is 0. The third-order valence-corrected chi connectivity index (χ3v) is 2.34. The second kappa shape index (κ2) is 6.75. The fraction of sp³-hybridized carbons (Fsp3) is 0.400. The van der Waals surface area contributed by atoms with Crippen molar-refractivity contribution in [2.75, 3.05) is 6.61 Å². The number of ether oxygens (including phenoxy) is 1. The van der Waals surface area contributed by atoms with Gasteiger partial charge in [0.05, 0.1) is 6.61 Å². The van der Waals surface area contributed by atoms with Gasteiger partial charge in [0.2, 0.25) is 0 Å². The van der Waals surface area contributed by atoms with Crippen LogP contribution in [-0.2, 0) is 9.53 Å². The summed E-state index contributed by atoms with van der Waals surface area (Å²) in [6.07, 6.45) is 0.153. The van der Waals surface area contributed by atoms with Crippen molar-refractivity contribution in [3.8, 4) is 11.8 Å². The number of benzene rings is 1. The highest BCUT2D eigenvalue weighted by molar-refractivity contribution is 5.72. The maximum atomic E-state index is 11.1. The molecule has 0 atom stereocenters. The molecule has 0 N–H and O–H groups in total. The average Bonchev–Trinajstić information content (AvgIpc) is 2.30. The van der Waals surface area contributed by atoms with Gasteiger partial charge in [0, 0.05) is 5.56 Å². The van der Waals surface area contributed by atoms with E-state index in [0.717, 1.165) is 5.56 Å². The number of hydrogen-bond acceptors (Lipinski definition) is 2. The Kier molecular flexibility index (Phi) is 5.29. The standard InChI is InChI=1S/C15H18O2/c1-4-17-15(16)11-7-9-13-8-5-6-10-14(13)12(2)3/h5-6,8,10,12H,4,11H2,1-3H3. The normalized spacial score (nSPS) is 9.65. The van der Waals surface area contributed by atoms with Crippen molar-refractivity contribution in [1.82, 2.24) is 0 Å². The van der Waals surface area contributed by atoms with Crippen LogP contribution in [0.2, 0.25) is 0 Å². The van der Waals surface area contributed by atoms with Gasteiger partial charge in [-0.1, -0.05) is 43.9 Å². The minimum absolute atomic E-state index is 0.153. The van der Waals surface area contributed by atoms with Gasteiger partial charge in [0.1, 0.15) is 6.42 Å². The third-order valence-electron chi connectivity index (χ3n) is 2.34.